The molecule has 0 aliphatic rings. The van der Waals surface area contributed by atoms with Gasteiger partial charge >= 0.3 is 6.03 Å². The molecule has 2 aromatic carbocycles. The summed E-state index contributed by atoms with van der Waals surface area (Å²) in [5.74, 6) is 0.269. The molecule has 1 aromatic heterocycles. The molecule has 3 N–H and O–H groups in total. The molecule has 0 unspecified atom stereocenters. The zero-order chi connectivity index (χ0) is 21.5. The number of carbonyl (C=O) groups excluding carboxylic acids is 2. The van der Waals surface area contributed by atoms with Gasteiger partial charge in [0.15, 0.2) is 5.16 Å². The van der Waals surface area contributed by atoms with E-state index in [1.807, 2.05) is 32.0 Å². The number of nitrogens with one attached hydrogen (secondary N) is 3. The third kappa shape index (κ3) is 6.47. The standard InChI is InChI=1S/C21H20ClN5O2S/c1-13-11-14(2)24-21(23-13)30-12-15-3-5-16(6-4-15)19(28)26-27-20(29)25-18-9-7-17(22)8-10-18/h3-11H,12H2,1-2H3,(H,26,28)(H2,25,27,29). The van der Waals surface area contributed by atoms with Crippen molar-refractivity contribution < 1.29 is 9.59 Å². The minimum atomic E-state index is -0.563. The number of hydrogen-bond acceptors (Lipinski definition) is 5. The minimum absolute atomic E-state index is 0.418. The van der Waals surface area contributed by atoms with Crippen LogP contribution in [0.4, 0.5) is 10.5 Å². The van der Waals surface area contributed by atoms with Crippen LogP contribution in [0, 0.1) is 13.8 Å². The number of carbonyl (C=O) groups is 2. The topological polar surface area (TPSA) is 96.0 Å². The maximum absolute atomic E-state index is 12.2. The number of urea groups is 1. The lowest BCUT2D eigenvalue weighted by Gasteiger charge is -2.09. The van der Waals surface area contributed by atoms with Crippen molar-refractivity contribution in [3.63, 3.8) is 0 Å². The van der Waals surface area contributed by atoms with E-state index >= 15 is 0 Å². The van der Waals surface area contributed by atoms with E-state index in [9.17, 15) is 9.59 Å². The van der Waals surface area contributed by atoms with Gasteiger partial charge in [0, 0.05) is 33.4 Å². The van der Waals surface area contributed by atoms with Gasteiger partial charge in [0.2, 0.25) is 0 Å². The first-order valence-electron chi connectivity index (χ1n) is 9.06. The number of thioether (sulfide) groups is 1. The number of hydrogen-bond donors (Lipinski definition) is 3. The SMILES string of the molecule is Cc1cc(C)nc(SCc2ccc(C(=O)NNC(=O)Nc3ccc(Cl)cc3)cc2)n1. The Labute approximate surface area is 183 Å². The van der Waals surface area contributed by atoms with Crippen molar-refractivity contribution in [1.82, 2.24) is 20.8 Å². The number of nitrogens with zero attached hydrogens (tertiary/aromatic N) is 2. The lowest BCUT2D eigenvalue weighted by molar-refractivity contribution is 0.0938. The number of halogens is 1. The molecule has 0 radical (unpaired) electrons. The van der Waals surface area contributed by atoms with E-state index < -0.39 is 11.9 Å². The maximum atomic E-state index is 12.2. The van der Waals surface area contributed by atoms with Crippen LogP contribution in [-0.2, 0) is 5.75 Å². The van der Waals surface area contributed by atoms with Crippen molar-refractivity contribution in [1.29, 1.82) is 0 Å². The zero-order valence-electron chi connectivity index (χ0n) is 16.4. The van der Waals surface area contributed by atoms with Crippen molar-refractivity contribution in [3.8, 4) is 0 Å². The Morgan fingerprint density at radius 1 is 0.933 bits per heavy atom. The first kappa shape index (κ1) is 21.6. The van der Waals surface area contributed by atoms with Gasteiger partial charge in [-0.15, -0.1) is 0 Å². The zero-order valence-corrected chi connectivity index (χ0v) is 18.0. The summed E-state index contributed by atoms with van der Waals surface area (Å²) in [4.78, 5) is 32.9. The summed E-state index contributed by atoms with van der Waals surface area (Å²) >= 11 is 7.34. The first-order valence-corrected chi connectivity index (χ1v) is 10.4. The smallest absolute Gasteiger partial charge is 0.307 e. The predicted octanol–water partition coefficient (Wildman–Crippen LogP) is 4.51. The van der Waals surface area contributed by atoms with Crippen molar-refractivity contribution >= 4 is 41.0 Å². The van der Waals surface area contributed by atoms with Crippen LogP contribution < -0.4 is 16.2 Å². The number of benzene rings is 2. The van der Waals surface area contributed by atoms with Crippen molar-refractivity contribution in [2.45, 2.75) is 24.8 Å². The molecule has 0 saturated carbocycles. The Morgan fingerprint density at radius 3 is 2.20 bits per heavy atom. The van der Waals surface area contributed by atoms with Crippen LogP contribution >= 0.6 is 23.4 Å². The Kier molecular flexibility index (Phi) is 7.26. The number of aromatic nitrogens is 2. The molecule has 0 spiro atoms. The van der Waals surface area contributed by atoms with Gasteiger partial charge in [-0.25, -0.2) is 20.2 Å². The minimum Gasteiger partial charge on any atom is -0.307 e. The fourth-order valence-corrected chi connectivity index (χ4v) is 3.57. The predicted molar refractivity (Wildman–Crippen MR) is 119 cm³/mol. The monoisotopic (exact) mass is 441 g/mol. The van der Waals surface area contributed by atoms with Crippen LogP contribution in [0.15, 0.2) is 59.8 Å². The maximum Gasteiger partial charge on any atom is 0.337 e. The van der Waals surface area contributed by atoms with Gasteiger partial charge < -0.3 is 5.32 Å². The average Bonchev–Trinajstić information content (AvgIpc) is 2.72. The molecular formula is C21H20ClN5O2S. The van der Waals surface area contributed by atoms with Gasteiger partial charge in [-0.1, -0.05) is 35.5 Å². The second-order valence-corrected chi connectivity index (χ2v) is 7.84. The van der Waals surface area contributed by atoms with E-state index in [2.05, 4.69) is 26.1 Å². The van der Waals surface area contributed by atoms with E-state index in [1.54, 1.807) is 36.4 Å². The highest BCUT2D eigenvalue weighted by Gasteiger charge is 2.08. The fourth-order valence-electron chi connectivity index (χ4n) is 2.54. The van der Waals surface area contributed by atoms with Gasteiger partial charge in [-0.3, -0.25) is 10.2 Å². The lowest BCUT2D eigenvalue weighted by Crippen LogP contribution is -2.43. The Morgan fingerprint density at radius 2 is 1.57 bits per heavy atom. The van der Waals surface area contributed by atoms with E-state index in [0.29, 0.717) is 22.0 Å². The number of rotatable bonds is 5. The van der Waals surface area contributed by atoms with E-state index in [1.165, 1.54) is 11.8 Å². The number of amides is 3. The van der Waals surface area contributed by atoms with Gasteiger partial charge in [-0.2, -0.15) is 0 Å². The van der Waals surface area contributed by atoms with Gasteiger partial charge in [0.25, 0.3) is 5.91 Å². The summed E-state index contributed by atoms with van der Waals surface area (Å²) in [6, 6.07) is 15.1. The molecule has 0 fully saturated rings. The van der Waals surface area contributed by atoms with E-state index in [-0.39, 0.29) is 0 Å². The molecule has 3 aromatic rings. The molecule has 0 saturated heterocycles. The summed E-state index contributed by atoms with van der Waals surface area (Å²) in [6.45, 7) is 3.88. The molecule has 0 aliphatic heterocycles. The number of anilines is 1. The van der Waals surface area contributed by atoms with Crippen LogP contribution in [0.3, 0.4) is 0 Å². The van der Waals surface area contributed by atoms with Crippen LogP contribution in [0.1, 0.15) is 27.3 Å². The number of aryl methyl sites for hydroxylation is 2. The Hall–Kier alpha value is -3.10. The molecule has 30 heavy (non-hydrogen) atoms. The van der Waals surface area contributed by atoms with Gasteiger partial charge in [0.05, 0.1) is 0 Å². The second kappa shape index (κ2) is 10.1. The Bertz CT molecular complexity index is 1020. The molecule has 0 bridgehead atoms. The third-order valence-corrected chi connectivity index (χ3v) is 5.11. The lowest BCUT2D eigenvalue weighted by atomic mass is 10.1. The van der Waals surface area contributed by atoms with Crippen molar-refractivity contribution in [2.75, 3.05) is 5.32 Å². The Balaban J connectivity index is 1.48. The van der Waals surface area contributed by atoms with Crippen LogP contribution in [0.25, 0.3) is 0 Å². The van der Waals surface area contributed by atoms with E-state index in [0.717, 1.165) is 22.1 Å². The molecule has 0 aliphatic carbocycles. The largest absolute Gasteiger partial charge is 0.337 e. The fraction of sp³-hybridized carbons (Fsp3) is 0.143. The summed E-state index contributed by atoms with van der Waals surface area (Å²) in [5.41, 5.74) is 8.57. The summed E-state index contributed by atoms with van der Waals surface area (Å²) in [7, 11) is 0. The molecule has 9 heteroatoms. The molecular weight excluding hydrogens is 422 g/mol. The molecule has 0 atom stereocenters. The molecule has 7 nitrogen and oxygen atoms in total. The molecule has 3 amide bonds. The highest BCUT2D eigenvalue weighted by Crippen LogP contribution is 2.20. The third-order valence-electron chi connectivity index (χ3n) is 3.94. The highest BCUT2D eigenvalue weighted by atomic mass is 35.5. The quantitative estimate of drug-likeness (QED) is 0.307. The first-order chi connectivity index (χ1) is 14.4. The van der Waals surface area contributed by atoms with Gasteiger partial charge in [0.1, 0.15) is 0 Å². The number of hydrazine groups is 1. The van der Waals surface area contributed by atoms with Crippen LogP contribution in [-0.4, -0.2) is 21.9 Å². The highest BCUT2D eigenvalue weighted by molar-refractivity contribution is 7.98. The van der Waals surface area contributed by atoms with Crippen molar-refractivity contribution in [3.05, 3.63) is 82.1 Å². The molecule has 154 valence electrons. The summed E-state index contributed by atoms with van der Waals surface area (Å²) in [6.07, 6.45) is 0. The van der Waals surface area contributed by atoms with Crippen LogP contribution in [0.2, 0.25) is 5.02 Å². The summed E-state index contributed by atoms with van der Waals surface area (Å²) in [5, 5.41) is 3.88. The second-order valence-electron chi connectivity index (χ2n) is 6.46. The van der Waals surface area contributed by atoms with Crippen molar-refractivity contribution in [2.24, 2.45) is 0 Å². The molecule has 1 heterocycles. The summed E-state index contributed by atoms with van der Waals surface area (Å²) < 4.78 is 0. The normalized spacial score (nSPS) is 10.4. The van der Waals surface area contributed by atoms with Gasteiger partial charge in [-0.05, 0) is 61.9 Å². The molecule has 3 rings (SSSR count). The average molecular weight is 442 g/mol. The van der Waals surface area contributed by atoms with Crippen LogP contribution in [0.5, 0.6) is 0 Å². The van der Waals surface area contributed by atoms with E-state index in [4.69, 9.17) is 11.6 Å².